The Bertz CT molecular complexity index is 818. The molecule has 1 N–H and O–H groups in total. The molecule has 0 spiro atoms. The number of carbonyl (C=O) groups excluding carboxylic acids is 1. The van der Waals surface area contributed by atoms with E-state index in [0.717, 1.165) is 11.8 Å². The van der Waals surface area contributed by atoms with Crippen LogP contribution in [0.5, 0.6) is 5.75 Å². The van der Waals surface area contributed by atoms with Crippen molar-refractivity contribution in [3.63, 3.8) is 0 Å². The minimum absolute atomic E-state index is 0.100. The number of furan rings is 1. The van der Waals surface area contributed by atoms with Crippen LogP contribution in [-0.4, -0.2) is 11.9 Å². The first kappa shape index (κ1) is 17.2. The van der Waals surface area contributed by atoms with E-state index in [1.165, 1.54) is 32.1 Å². The van der Waals surface area contributed by atoms with Gasteiger partial charge >= 0.3 is 0 Å². The first-order chi connectivity index (χ1) is 13.2. The Balaban J connectivity index is 1.21. The van der Waals surface area contributed by atoms with Gasteiger partial charge in [0.05, 0.1) is 5.02 Å². The fourth-order valence-electron chi connectivity index (χ4n) is 5.67. The number of benzene rings is 1. The zero-order chi connectivity index (χ0) is 18.4. The van der Waals surface area contributed by atoms with E-state index in [4.69, 9.17) is 20.8 Å². The van der Waals surface area contributed by atoms with Gasteiger partial charge in [-0.05, 0) is 80.0 Å². The molecule has 0 radical (unpaired) electrons. The first-order valence-corrected chi connectivity index (χ1v) is 10.3. The van der Waals surface area contributed by atoms with Crippen molar-refractivity contribution in [2.45, 2.75) is 44.8 Å². The first-order valence-electron chi connectivity index (χ1n) is 9.92. The minimum atomic E-state index is -0.100. The highest BCUT2D eigenvalue weighted by atomic mass is 35.5. The molecule has 142 valence electrons. The van der Waals surface area contributed by atoms with Gasteiger partial charge in [-0.1, -0.05) is 23.7 Å². The zero-order valence-electron chi connectivity index (χ0n) is 15.2. The van der Waals surface area contributed by atoms with E-state index in [9.17, 15) is 4.79 Å². The zero-order valence-corrected chi connectivity index (χ0v) is 16.0. The van der Waals surface area contributed by atoms with Crippen LogP contribution in [0.1, 0.15) is 48.4 Å². The smallest absolute Gasteiger partial charge is 0.287 e. The molecular weight excluding hydrogens is 362 g/mol. The van der Waals surface area contributed by atoms with Crippen LogP contribution in [0.25, 0.3) is 0 Å². The second-order valence-corrected chi connectivity index (χ2v) is 8.82. The average molecular weight is 386 g/mol. The molecule has 1 aromatic heterocycles. The lowest BCUT2D eigenvalue weighted by Gasteiger charge is -2.54. The summed E-state index contributed by atoms with van der Waals surface area (Å²) >= 11 is 6.09. The third-order valence-corrected chi connectivity index (χ3v) is 6.93. The lowest BCUT2D eigenvalue weighted by atomic mass is 9.54. The number of rotatable bonds is 5. The molecule has 0 aliphatic heterocycles. The number of nitrogens with one attached hydrogen (secondary N) is 1. The molecule has 5 heteroatoms. The number of amides is 1. The minimum Gasteiger partial charge on any atom is -0.484 e. The molecule has 27 heavy (non-hydrogen) atoms. The van der Waals surface area contributed by atoms with Crippen LogP contribution in [0, 0.1) is 23.7 Å². The Hall–Kier alpha value is -1.94. The Kier molecular flexibility index (Phi) is 4.39. The summed E-state index contributed by atoms with van der Waals surface area (Å²) in [6.07, 6.45) is 6.56. The number of carbonyl (C=O) groups is 1. The number of halogens is 1. The largest absolute Gasteiger partial charge is 0.484 e. The summed E-state index contributed by atoms with van der Waals surface area (Å²) in [6, 6.07) is 11.2. The van der Waals surface area contributed by atoms with Crippen molar-refractivity contribution >= 4 is 17.5 Å². The van der Waals surface area contributed by atoms with Crippen LogP contribution >= 0.6 is 11.6 Å². The lowest BCUT2D eigenvalue weighted by Crippen LogP contribution is -2.55. The molecule has 6 rings (SSSR count). The summed E-state index contributed by atoms with van der Waals surface area (Å²) in [4.78, 5) is 12.7. The fraction of sp³-hybridized carbons (Fsp3) is 0.500. The van der Waals surface area contributed by atoms with E-state index in [1.54, 1.807) is 18.2 Å². The van der Waals surface area contributed by atoms with Crippen LogP contribution in [0.3, 0.4) is 0 Å². The SMILES string of the molecule is O=C(NC1C2CC3CC(C2)CC1C3)c1ccc(COc2ccccc2Cl)o1. The summed E-state index contributed by atoms with van der Waals surface area (Å²) in [5, 5.41) is 3.84. The third-order valence-electron chi connectivity index (χ3n) is 6.62. The molecule has 4 aliphatic carbocycles. The average Bonchev–Trinajstić information content (AvgIpc) is 3.12. The maximum Gasteiger partial charge on any atom is 0.287 e. The summed E-state index contributed by atoms with van der Waals surface area (Å²) in [5.41, 5.74) is 0. The number of hydrogen-bond donors (Lipinski definition) is 1. The van der Waals surface area contributed by atoms with E-state index in [2.05, 4.69) is 5.32 Å². The molecule has 2 aromatic rings. The highest BCUT2D eigenvalue weighted by Gasteiger charge is 2.48. The van der Waals surface area contributed by atoms with Crippen molar-refractivity contribution in [1.82, 2.24) is 5.32 Å². The summed E-state index contributed by atoms with van der Waals surface area (Å²) < 4.78 is 11.4. The van der Waals surface area contributed by atoms with Crippen molar-refractivity contribution in [2.24, 2.45) is 23.7 Å². The molecular formula is C22H24ClNO3. The molecule has 0 saturated heterocycles. The topological polar surface area (TPSA) is 51.5 Å². The second kappa shape index (κ2) is 6.90. The van der Waals surface area contributed by atoms with Gasteiger partial charge in [0.1, 0.15) is 18.1 Å². The predicted molar refractivity (Wildman–Crippen MR) is 103 cm³/mol. The van der Waals surface area contributed by atoms with Gasteiger partial charge in [0.2, 0.25) is 0 Å². The summed E-state index contributed by atoms with van der Waals surface area (Å²) in [7, 11) is 0. The quantitative estimate of drug-likeness (QED) is 0.782. The van der Waals surface area contributed by atoms with Gasteiger partial charge in [0, 0.05) is 6.04 Å². The molecule has 4 aliphatic rings. The van der Waals surface area contributed by atoms with Crippen LogP contribution in [0.4, 0.5) is 0 Å². The summed E-state index contributed by atoms with van der Waals surface area (Å²) in [6.45, 7) is 0.245. The standard InChI is InChI=1S/C22H24ClNO3/c23-18-3-1-2-4-19(18)26-12-17-5-6-20(27-17)22(25)24-21-15-8-13-7-14(10-15)11-16(21)9-13/h1-6,13-16,21H,7-12H2,(H,24,25). The maximum absolute atomic E-state index is 12.7. The van der Waals surface area contributed by atoms with E-state index < -0.39 is 0 Å². The van der Waals surface area contributed by atoms with Gasteiger partial charge in [-0.25, -0.2) is 0 Å². The molecule has 4 fully saturated rings. The van der Waals surface area contributed by atoms with Gasteiger partial charge < -0.3 is 14.5 Å². The number of para-hydroxylation sites is 1. The van der Waals surface area contributed by atoms with Gasteiger partial charge in [0.25, 0.3) is 5.91 Å². The molecule has 1 amide bonds. The van der Waals surface area contributed by atoms with Crippen LogP contribution in [0.15, 0.2) is 40.8 Å². The lowest BCUT2D eigenvalue weighted by molar-refractivity contribution is -0.0123. The maximum atomic E-state index is 12.7. The monoisotopic (exact) mass is 385 g/mol. The summed E-state index contributed by atoms with van der Waals surface area (Å²) in [5.74, 6) is 4.60. The Labute approximate surface area is 164 Å². The third kappa shape index (κ3) is 3.36. The molecule has 4 saturated carbocycles. The van der Waals surface area contributed by atoms with Gasteiger partial charge in [-0.3, -0.25) is 4.79 Å². The van der Waals surface area contributed by atoms with Crippen LogP contribution in [0.2, 0.25) is 5.02 Å². The van der Waals surface area contributed by atoms with Crippen LogP contribution in [-0.2, 0) is 6.61 Å². The van der Waals surface area contributed by atoms with Crippen molar-refractivity contribution in [1.29, 1.82) is 0 Å². The molecule has 1 aromatic carbocycles. The van der Waals surface area contributed by atoms with E-state index in [0.29, 0.717) is 40.2 Å². The Morgan fingerprint density at radius 1 is 1.04 bits per heavy atom. The van der Waals surface area contributed by atoms with Crippen molar-refractivity contribution < 1.29 is 13.9 Å². The Morgan fingerprint density at radius 3 is 2.44 bits per heavy atom. The Morgan fingerprint density at radius 2 is 1.74 bits per heavy atom. The van der Waals surface area contributed by atoms with E-state index in [1.807, 2.05) is 18.2 Å². The molecule has 4 nitrogen and oxygen atoms in total. The van der Waals surface area contributed by atoms with Gasteiger partial charge in [-0.15, -0.1) is 0 Å². The molecule has 0 unspecified atom stereocenters. The van der Waals surface area contributed by atoms with Crippen molar-refractivity contribution in [3.05, 3.63) is 52.9 Å². The molecule has 1 heterocycles. The molecule has 0 atom stereocenters. The highest BCUT2D eigenvalue weighted by Crippen LogP contribution is 2.53. The molecule has 4 bridgehead atoms. The van der Waals surface area contributed by atoms with Crippen molar-refractivity contribution in [2.75, 3.05) is 0 Å². The fourth-order valence-corrected chi connectivity index (χ4v) is 5.86. The van der Waals surface area contributed by atoms with Gasteiger partial charge in [0.15, 0.2) is 5.76 Å². The predicted octanol–water partition coefficient (Wildman–Crippen LogP) is 5.07. The number of ether oxygens (including phenoxy) is 1. The van der Waals surface area contributed by atoms with Gasteiger partial charge in [-0.2, -0.15) is 0 Å². The van der Waals surface area contributed by atoms with E-state index >= 15 is 0 Å². The number of hydrogen-bond acceptors (Lipinski definition) is 3. The van der Waals surface area contributed by atoms with E-state index in [-0.39, 0.29) is 12.5 Å². The second-order valence-electron chi connectivity index (χ2n) is 8.42. The van der Waals surface area contributed by atoms with Crippen LogP contribution < -0.4 is 10.1 Å². The highest BCUT2D eigenvalue weighted by molar-refractivity contribution is 6.32. The normalized spacial score (nSPS) is 31.1. The van der Waals surface area contributed by atoms with Crippen molar-refractivity contribution in [3.8, 4) is 5.75 Å².